The van der Waals surface area contributed by atoms with Gasteiger partial charge >= 0.3 is 0 Å². The SMILES string of the molecule is COc1cccc(COc2ccc([C@H](C)O)cc2)c1. The lowest BCUT2D eigenvalue weighted by Gasteiger charge is -2.09. The first-order valence-electron chi connectivity index (χ1n) is 6.23. The van der Waals surface area contributed by atoms with Crippen molar-refractivity contribution in [3.8, 4) is 11.5 Å². The Morgan fingerprint density at radius 3 is 2.42 bits per heavy atom. The third-order valence-electron chi connectivity index (χ3n) is 2.90. The largest absolute Gasteiger partial charge is 0.497 e. The lowest BCUT2D eigenvalue weighted by atomic mass is 10.1. The quantitative estimate of drug-likeness (QED) is 0.894. The summed E-state index contributed by atoms with van der Waals surface area (Å²) in [4.78, 5) is 0. The fourth-order valence-electron chi connectivity index (χ4n) is 1.77. The second kappa shape index (κ2) is 6.25. The molecule has 0 heterocycles. The first-order chi connectivity index (χ1) is 9.19. The number of benzene rings is 2. The van der Waals surface area contributed by atoms with Crippen LogP contribution in [0.5, 0.6) is 11.5 Å². The van der Waals surface area contributed by atoms with Crippen molar-refractivity contribution in [2.75, 3.05) is 7.11 Å². The van der Waals surface area contributed by atoms with Crippen LogP contribution in [0, 0.1) is 0 Å². The molecule has 0 saturated carbocycles. The highest BCUT2D eigenvalue weighted by atomic mass is 16.5. The molecule has 0 unspecified atom stereocenters. The lowest BCUT2D eigenvalue weighted by Crippen LogP contribution is -1.97. The summed E-state index contributed by atoms with van der Waals surface area (Å²) >= 11 is 0. The Morgan fingerprint density at radius 2 is 1.79 bits per heavy atom. The molecule has 0 bridgehead atoms. The number of ether oxygens (including phenoxy) is 2. The molecular formula is C16H18O3. The second-order valence-electron chi connectivity index (χ2n) is 4.39. The van der Waals surface area contributed by atoms with Gasteiger partial charge in [-0.3, -0.25) is 0 Å². The van der Waals surface area contributed by atoms with Crippen molar-refractivity contribution in [2.45, 2.75) is 19.6 Å². The maximum absolute atomic E-state index is 9.43. The van der Waals surface area contributed by atoms with Crippen LogP contribution in [0.25, 0.3) is 0 Å². The van der Waals surface area contributed by atoms with Gasteiger partial charge in [-0.25, -0.2) is 0 Å². The number of aliphatic hydroxyl groups is 1. The summed E-state index contributed by atoms with van der Waals surface area (Å²) in [6, 6.07) is 15.2. The number of hydrogen-bond acceptors (Lipinski definition) is 3. The molecule has 0 radical (unpaired) electrons. The van der Waals surface area contributed by atoms with E-state index in [1.807, 2.05) is 48.5 Å². The van der Waals surface area contributed by atoms with Gasteiger partial charge in [0, 0.05) is 0 Å². The van der Waals surface area contributed by atoms with Crippen LogP contribution in [-0.2, 0) is 6.61 Å². The van der Waals surface area contributed by atoms with Gasteiger partial charge in [0.25, 0.3) is 0 Å². The predicted molar refractivity (Wildman–Crippen MR) is 74.4 cm³/mol. The Labute approximate surface area is 113 Å². The fraction of sp³-hybridized carbons (Fsp3) is 0.250. The Bertz CT molecular complexity index is 518. The van der Waals surface area contributed by atoms with Crippen molar-refractivity contribution in [1.82, 2.24) is 0 Å². The molecule has 1 atom stereocenters. The number of rotatable bonds is 5. The van der Waals surface area contributed by atoms with Crippen molar-refractivity contribution in [2.24, 2.45) is 0 Å². The van der Waals surface area contributed by atoms with Crippen LogP contribution in [-0.4, -0.2) is 12.2 Å². The average Bonchev–Trinajstić information content (AvgIpc) is 2.46. The molecule has 0 aliphatic heterocycles. The van der Waals surface area contributed by atoms with Crippen molar-refractivity contribution in [3.63, 3.8) is 0 Å². The molecule has 2 rings (SSSR count). The Kier molecular flexibility index (Phi) is 4.42. The molecule has 0 spiro atoms. The van der Waals surface area contributed by atoms with E-state index in [9.17, 15) is 5.11 Å². The topological polar surface area (TPSA) is 38.7 Å². The number of aliphatic hydroxyl groups excluding tert-OH is 1. The van der Waals surface area contributed by atoms with Crippen molar-refractivity contribution < 1.29 is 14.6 Å². The molecular weight excluding hydrogens is 240 g/mol. The smallest absolute Gasteiger partial charge is 0.119 e. The van der Waals surface area contributed by atoms with E-state index in [2.05, 4.69) is 0 Å². The first kappa shape index (κ1) is 13.4. The Hall–Kier alpha value is -2.00. The number of hydrogen-bond donors (Lipinski definition) is 1. The second-order valence-corrected chi connectivity index (χ2v) is 4.39. The molecule has 2 aromatic carbocycles. The van der Waals surface area contributed by atoms with Gasteiger partial charge < -0.3 is 14.6 Å². The first-order valence-corrected chi connectivity index (χ1v) is 6.23. The summed E-state index contributed by atoms with van der Waals surface area (Å²) in [5, 5.41) is 9.43. The molecule has 1 N–H and O–H groups in total. The molecule has 0 fully saturated rings. The molecule has 0 aliphatic rings. The zero-order chi connectivity index (χ0) is 13.7. The minimum absolute atomic E-state index is 0.451. The van der Waals surface area contributed by atoms with Crippen LogP contribution in [0.1, 0.15) is 24.2 Å². The molecule has 19 heavy (non-hydrogen) atoms. The third kappa shape index (κ3) is 3.73. The van der Waals surface area contributed by atoms with Crippen LogP contribution >= 0.6 is 0 Å². The van der Waals surface area contributed by atoms with Gasteiger partial charge in [-0.05, 0) is 42.3 Å². The van der Waals surface area contributed by atoms with Crippen molar-refractivity contribution in [1.29, 1.82) is 0 Å². The van der Waals surface area contributed by atoms with Crippen LogP contribution < -0.4 is 9.47 Å². The summed E-state index contributed by atoms with van der Waals surface area (Å²) in [6.07, 6.45) is -0.451. The van der Waals surface area contributed by atoms with E-state index >= 15 is 0 Å². The van der Waals surface area contributed by atoms with Gasteiger partial charge in [0.15, 0.2) is 0 Å². The Balaban J connectivity index is 1.98. The minimum Gasteiger partial charge on any atom is -0.497 e. The van der Waals surface area contributed by atoms with Gasteiger partial charge in [-0.15, -0.1) is 0 Å². The summed E-state index contributed by atoms with van der Waals surface area (Å²) in [7, 11) is 1.65. The summed E-state index contributed by atoms with van der Waals surface area (Å²) < 4.78 is 10.9. The summed E-state index contributed by atoms with van der Waals surface area (Å²) in [5.41, 5.74) is 1.94. The highest BCUT2D eigenvalue weighted by Crippen LogP contribution is 2.19. The molecule has 3 heteroatoms. The van der Waals surface area contributed by atoms with Gasteiger partial charge in [0.05, 0.1) is 13.2 Å². The van der Waals surface area contributed by atoms with Crippen LogP contribution in [0.15, 0.2) is 48.5 Å². The van der Waals surface area contributed by atoms with Crippen LogP contribution in [0.4, 0.5) is 0 Å². The zero-order valence-corrected chi connectivity index (χ0v) is 11.2. The van der Waals surface area contributed by atoms with E-state index in [4.69, 9.17) is 9.47 Å². The van der Waals surface area contributed by atoms with Crippen LogP contribution in [0.2, 0.25) is 0 Å². The lowest BCUT2D eigenvalue weighted by molar-refractivity contribution is 0.199. The summed E-state index contributed by atoms with van der Waals surface area (Å²) in [6.45, 7) is 2.23. The van der Waals surface area contributed by atoms with Gasteiger partial charge in [-0.2, -0.15) is 0 Å². The molecule has 2 aromatic rings. The molecule has 0 aliphatic carbocycles. The van der Waals surface area contributed by atoms with E-state index in [-0.39, 0.29) is 0 Å². The molecule has 0 aromatic heterocycles. The monoisotopic (exact) mass is 258 g/mol. The van der Waals surface area contributed by atoms with Gasteiger partial charge in [-0.1, -0.05) is 24.3 Å². The minimum atomic E-state index is -0.451. The number of methoxy groups -OCH3 is 1. The van der Waals surface area contributed by atoms with Crippen molar-refractivity contribution >= 4 is 0 Å². The van der Waals surface area contributed by atoms with Gasteiger partial charge in [0.1, 0.15) is 18.1 Å². The van der Waals surface area contributed by atoms with E-state index in [1.165, 1.54) is 0 Å². The van der Waals surface area contributed by atoms with E-state index in [0.29, 0.717) is 6.61 Å². The summed E-state index contributed by atoms with van der Waals surface area (Å²) in [5.74, 6) is 1.61. The normalized spacial score (nSPS) is 11.9. The average molecular weight is 258 g/mol. The van der Waals surface area contributed by atoms with E-state index in [1.54, 1.807) is 14.0 Å². The third-order valence-corrected chi connectivity index (χ3v) is 2.90. The Morgan fingerprint density at radius 1 is 1.05 bits per heavy atom. The molecule has 3 nitrogen and oxygen atoms in total. The predicted octanol–water partition coefficient (Wildman–Crippen LogP) is 3.33. The highest BCUT2D eigenvalue weighted by molar-refractivity contribution is 5.30. The van der Waals surface area contributed by atoms with E-state index < -0.39 is 6.10 Å². The standard InChI is InChI=1S/C16H18O3/c1-12(17)14-6-8-15(9-7-14)19-11-13-4-3-5-16(10-13)18-2/h3-10,12,17H,11H2,1-2H3/t12-/m0/s1. The maximum atomic E-state index is 9.43. The van der Waals surface area contributed by atoms with E-state index in [0.717, 1.165) is 22.6 Å². The highest BCUT2D eigenvalue weighted by Gasteiger charge is 2.01. The van der Waals surface area contributed by atoms with Crippen molar-refractivity contribution in [3.05, 3.63) is 59.7 Å². The van der Waals surface area contributed by atoms with Crippen LogP contribution in [0.3, 0.4) is 0 Å². The zero-order valence-electron chi connectivity index (χ0n) is 11.2. The molecule has 0 saturated heterocycles. The van der Waals surface area contributed by atoms with Gasteiger partial charge in [0.2, 0.25) is 0 Å². The maximum Gasteiger partial charge on any atom is 0.119 e. The molecule has 100 valence electrons. The fourth-order valence-corrected chi connectivity index (χ4v) is 1.77. The molecule has 0 amide bonds.